The van der Waals surface area contributed by atoms with Gasteiger partial charge < -0.3 is 10.1 Å². The molecule has 2 unspecified atom stereocenters. The molecule has 0 saturated heterocycles. The highest BCUT2D eigenvalue weighted by Crippen LogP contribution is 2.55. The Balaban J connectivity index is 2.06. The minimum Gasteiger partial charge on any atom is -0.351 e. The van der Waals surface area contributed by atoms with Gasteiger partial charge in [-0.15, -0.1) is 0 Å². The van der Waals surface area contributed by atoms with Gasteiger partial charge in [-0.05, 0) is 37.6 Å². The Labute approximate surface area is 120 Å². The summed E-state index contributed by atoms with van der Waals surface area (Å²) in [7, 11) is 0. The van der Waals surface area contributed by atoms with E-state index in [-0.39, 0.29) is 11.5 Å². The SMILES string of the molecule is CC(C)(C)C(=O)Nc1cccc2c1C1(C)C=CC2(C)O1. The van der Waals surface area contributed by atoms with E-state index >= 15 is 0 Å². The number of hydrogen-bond acceptors (Lipinski definition) is 2. The second-order valence-corrected chi connectivity index (χ2v) is 7.08. The van der Waals surface area contributed by atoms with E-state index < -0.39 is 11.0 Å². The van der Waals surface area contributed by atoms with Gasteiger partial charge in [-0.1, -0.05) is 32.9 Å². The van der Waals surface area contributed by atoms with Crippen LogP contribution in [0.2, 0.25) is 0 Å². The minimum atomic E-state index is -0.439. The van der Waals surface area contributed by atoms with Crippen molar-refractivity contribution in [3.8, 4) is 0 Å². The summed E-state index contributed by atoms with van der Waals surface area (Å²) in [6, 6.07) is 6.01. The number of rotatable bonds is 1. The number of nitrogens with one attached hydrogen (secondary N) is 1. The van der Waals surface area contributed by atoms with Crippen molar-refractivity contribution in [1.82, 2.24) is 0 Å². The Hall–Kier alpha value is -1.61. The molecule has 2 aliphatic heterocycles. The summed E-state index contributed by atoms with van der Waals surface area (Å²) in [4.78, 5) is 12.3. The first kappa shape index (κ1) is 13.4. The number of carbonyl (C=O) groups excluding carboxylic acids is 1. The van der Waals surface area contributed by atoms with E-state index in [2.05, 4.69) is 30.5 Å². The summed E-state index contributed by atoms with van der Waals surface area (Å²) in [5.74, 6) is 0.0198. The van der Waals surface area contributed by atoms with Crippen LogP contribution in [0, 0.1) is 5.41 Å². The van der Waals surface area contributed by atoms with Gasteiger partial charge >= 0.3 is 0 Å². The summed E-state index contributed by atoms with van der Waals surface area (Å²) in [5, 5.41) is 3.06. The highest BCUT2D eigenvalue weighted by molar-refractivity contribution is 5.95. The van der Waals surface area contributed by atoms with E-state index in [4.69, 9.17) is 4.74 Å². The lowest BCUT2D eigenvalue weighted by molar-refractivity contribution is -0.123. The third-order valence-corrected chi connectivity index (χ3v) is 4.17. The van der Waals surface area contributed by atoms with Gasteiger partial charge in [0.15, 0.2) is 0 Å². The molecule has 0 aliphatic carbocycles. The topological polar surface area (TPSA) is 38.3 Å². The molecule has 1 N–H and O–H groups in total. The molecule has 1 aromatic carbocycles. The fourth-order valence-electron chi connectivity index (χ4n) is 3.02. The molecule has 3 heteroatoms. The monoisotopic (exact) mass is 271 g/mol. The number of hydrogen-bond donors (Lipinski definition) is 1. The predicted octanol–water partition coefficient (Wildman–Crippen LogP) is 3.70. The molecule has 3 rings (SSSR count). The number of ether oxygens (including phenoxy) is 1. The van der Waals surface area contributed by atoms with Crippen molar-refractivity contribution >= 4 is 11.6 Å². The molecule has 0 fully saturated rings. The van der Waals surface area contributed by atoms with Crippen molar-refractivity contribution in [2.45, 2.75) is 45.8 Å². The smallest absolute Gasteiger partial charge is 0.229 e. The molecule has 0 radical (unpaired) electrons. The highest BCUT2D eigenvalue weighted by Gasteiger charge is 2.51. The summed E-state index contributed by atoms with van der Waals surface area (Å²) in [6.45, 7) is 9.86. The molecule has 1 amide bonds. The molecule has 1 aromatic rings. The van der Waals surface area contributed by atoms with Gasteiger partial charge in [0.1, 0.15) is 11.2 Å². The molecular weight excluding hydrogens is 250 g/mol. The number of fused-ring (bicyclic) bond motifs is 5. The number of benzene rings is 1. The van der Waals surface area contributed by atoms with Gasteiger partial charge in [-0.2, -0.15) is 0 Å². The second kappa shape index (κ2) is 3.73. The van der Waals surface area contributed by atoms with E-state index in [9.17, 15) is 4.79 Å². The van der Waals surface area contributed by atoms with Crippen molar-refractivity contribution in [3.63, 3.8) is 0 Å². The van der Waals surface area contributed by atoms with Gasteiger partial charge in [0.05, 0.1) is 0 Å². The fourth-order valence-corrected chi connectivity index (χ4v) is 3.02. The van der Waals surface area contributed by atoms with Crippen molar-refractivity contribution in [1.29, 1.82) is 0 Å². The van der Waals surface area contributed by atoms with Crippen LogP contribution < -0.4 is 5.32 Å². The first-order valence-corrected chi connectivity index (χ1v) is 7.02. The lowest BCUT2D eigenvalue weighted by atomic mass is 9.82. The molecule has 20 heavy (non-hydrogen) atoms. The van der Waals surface area contributed by atoms with Crippen molar-refractivity contribution < 1.29 is 9.53 Å². The summed E-state index contributed by atoms with van der Waals surface area (Å²) >= 11 is 0. The molecule has 2 heterocycles. The van der Waals surface area contributed by atoms with Gasteiger partial charge in [0.25, 0.3) is 0 Å². The quantitative estimate of drug-likeness (QED) is 0.791. The van der Waals surface area contributed by atoms with Gasteiger partial charge in [-0.25, -0.2) is 0 Å². The van der Waals surface area contributed by atoms with Crippen LogP contribution in [0.25, 0.3) is 0 Å². The first-order valence-electron chi connectivity index (χ1n) is 7.02. The van der Waals surface area contributed by atoms with Crippen LogP contribution in [-0.4, -0.2) is 5.91 Å². The maximum atomic E-state index is 12.3. The van der Waals surface area contributed by atoms with Crippen LogP contribution in [0.3, 0.4) is 0 Å². The van der Waals surface area contributed by atoms with Crippen LogP contribution in [0.15, 0.2) is 30.4 Å². The predicted molar refractivity (Wildman–Crippen MR) is 79.5 cm³/mol. The van der Waals surface area contributed by atoms with Crippen molar-refractivity contribution in [2.75, 3.05) is 5.32 Å². The molecule has 2 atom stereocenters. The molecule has 2 aliphatic rings. The Morgan fingerprint density at radius 3 is 2.45 bits per heavy atom. The molecule has 0 aromatic heterocycles. The van der Waals surface area contributed by atoms with Gasteiger partial charge in [-0.3, -0.25) is 4.79 Å². The van der Waals surface area contributed by atoms with Crippen LogP contribution >= 0.6 is 0 Å². The zero-order valence-corrected chi connectivity index (χ0v) is 12.7. The van der Waals surface area contributed by atoms with E-state index in [1.165, 1.54) is 0 Å². The van der Waals surface area contributed by atoms with Crippen LogP contribution in [0.4, 0.5) is 5.69 Å². The van der Waals surface area contributed by atoms with Gasteiger partial charge in [0, 0.05) is 16.7 Å². The lowest BCUT2D eigenvalue weighted by Gasteiger charge is -2.24. The Bertz CT molecular complexity index is 626. The van der Waals surface area contributed by atoms with Crippen molar-refractivity contribution in [3.05, 3.63) is 41.5 Å². The molecule has 0 spiro atoms. The second-order valence-electron chi connectivity index (χ2n) is 7.08. The van der Waals surface area contributed by atoms with Gasteiger partial charge in [0.2, 0.25) is 5.91 Å². The zero-order chi connectivity index (χ0) is 14.8. The van der Waals surface area contributed by atoms with Crippen LogP contribution in [0.1, 0.15) is 45.7 Å². The third-order valence-electron chi connectivity index (χ3n) is 4.17. The summed E-state index contributed by atoms with van der Waals surface area (Å²) < 4.78 is 6.16. The summed E-state index contributed by atoms with van der Waals surface area (Å²) in [5.41, 5.74) is 1.87. The first-order chi connectivity index (χ1) is 9.16. The number of amides is 1. The molecule has 2 bridgehead atoms. The van der Waals surface area contributed by atoms with E-state index in [1.54, 1.807) is 0 Å². The molecule has 0 saturated carbocycles. The number of anilines is 1. The highest BCUT2D eigenvalue weighted by atomic mass is 16.5. The average Bonchev–Trinajstić information content (AvgIpc) is 2.76. The number of carbonyl (C=O) groups is 1. The zero-order valence-electron chi connectivity index (χ0n) is 12.7. The average molecular weight is 271 g/mol. The lowest BCUT2D eigenvalue weighted by Crippen LogP contribution is -2.29. The Morgan fingerprint density at radius 2 is 1.80 bits per heavy atom. The third kappa shape index (κ3) is 1.73. The largest absolute Gasteiger partial charge is 0.351 e. The maximum Gasteiger partial charge on any atom is 0.229 e. The Morgan fingerprint density at radius 1 is 1.15 bits per heavy atom. The van der Waals surface area contributed by atoms with E-state index in [1.807, 2.05) is 39.8 Å². The minimum absolute atomic E-state index is 0.0198. The normalized spacial score (nSPS) is 30.4. The molecule has 106 valence electrons. The molecule has 3 nitrogen and oxygen atoms in total. The molecular formula is C17H21NO2. The fraction of sp³-hybridized carbons (Fsp3) is 0.471. The van der Waals surface area contributed by atoms with Crippen molar-refractivity contribution in [2.24, 2.45) is 5.41 Å². The van der Waals surface area contributed by atoms with E-state index in [0.29, 0.717) is 0 Å². The van der Waals surface area contributed by atoms with Crippen LogP contribution in [0.5, 0.6) is 0 Å². The van der Waals surface area contributed by atoms with E-state index in [0.717, 1.165) is 16.8 Å². The summed E-state index contributed by atoms with van der Waals surface area (Å²) in [6.07, 6.45) is 4.19. The van der Waals surface area contributed by atoms with Crippen LogP contribution in [-0.2, 0) is 20.7 Å². The Kier molecular flexibility index (Phi) is 2.49. The maximum absolute atomic E-state index is 12.3. The standard InChI is InChI=1S/C17H21NO2/c1-15(2,3)14(19)18-12-8-6-7-11-13(12)17(5)10-9-16(11,4)20-17/h6-10H,1-5H3,(H,18,19).